The minimum absolute atomic E-state index is 0.0145. The van der Waals surface area contributed by atoms with Gasteiger partial charge in [0.2, 0.25) is 10.0 Å². The number of sulfonamides is 1. The molecule has 0 saturated carbocycles. The molecular formula is C11H14ClFN2O2S. The number of nitrogens with zero attached hydrogens (tertiary/aromatic N) is 1. The molecule has 0 aromatic heterocycles. The molecule has 2 N–H and O–H groups in total. The Morgan fingerprint density at radius 1 is 1.33 bits per heavy atom. The normalized spacial score (nSPS) is 19.1. The summed E-state index contributed by atoms with van der Waals surface area (Å²) >= 11 is 5.72. The Balaban J connectivity index is 2.33. The third kappa shape index (κ3) is 2.66. The molecule has 100 valence electrons. The van der Waals surface area contributed by atoms with Crippen molar-refractivity contribution < 1.29 is 12.8 Å². The number of benzene rings is 1. The summed E-state index contributed by atoms with van der Waals surface area (Å²) in [5.41, 5.74) is 5.72. The van der Waals surface area contributed by atoms with E-state index in [1.54, 1.807) is 0 Å². The van der Waals surface area contributed by atoms with Crippen molar-refractivity contribution in [3.05, 3.63) is 29.0 Å². The Hall–Kier alpha value is -0.690. The van der Waals surface area contributed by atoms with E-state index in [4.69, 9.17) is 17.3 Å². The number of hydrogen-bond acceptors (Lipinski definition) is 3. The van der Waals surface area contributed by atoms with Crippen LogP contribution in [0.15, 0.2) is 23.1 Å². The van der Waals surface area contributed by atoms with Crippen LogP contribution in [-0.2, 0) is 10.0 Å². The van der Waals surface area contributed by atoms with E-state index < -0.39 is 15.8 Å². The Labute approximate surface area is 111 Å². The minimum atomic E-state index is -3.82. The van der Waals surface area contributed by atoms with Crippen LogP contribution in [0.3, 0.4) is 0 Å². The highest BCUT2D eigenvalue weighted by molar-refractivity contribution is 7.89. The molecule has 1 aliphatic rings. The van der Waals surface area contributed by atoms with Crippen LogP contribution in [0, 0.1) is 5.82 Å². The molecule has 1 aromatic rings. The van der Waals surface area contributed by atoms with E-state index >= 15 is 0 Å². The molecule has 0 spiro atoms. The second-order valence-corrected chi connectivity index (χ2v) is 6.66. The van der Waals surface area contributed by atoms with Crippen LogP contribution < -0.4 is 5.73 Å². The van der Waals surface area contributed by atoms with Crippen LogP contribution in [-0.4, -0.2) is 31.9 Å². The Bertz CT molecular complexity index is 542. The highest BCUT2D eigenvalue weighted by Gasteiger charge is 2.30. The topological polar surface area (TPSA) is 63.4 Å². The number of nitrogens with two attached hydrogens (primary N) is 1. The monoisotopic (exact) mass is 292 g/mol. The van der Waals surface area contributed by atoms with Crippen molar-refractivity contribution in [3.63, 3.8) is 0 Å². The van der Waals surface area contributed by atoms with Gasteiger partial charge in [-0.05, 0) is 31.0 Å². The molecule has 0 unspecified atom stereocenters. The minimum Gasteiger partial charge on any atom is -0.328 e. The molecule has 1 aromatic carbocycles. The van der Waals surface area contributed by atoms with Gasteiger partial charge in [-0.3, -0.25) is 0 Å². The van der Waals surface area contributed by atoms with E-state index in [0.717, 1.165) is 12.1 Å². The first kappa shape index (κ1) is 13.7. The Kier molecular flexibility index (Phi) is 3.91. The molecule has 1 aliphatic heterocycles. The molecular weight excluding hydrogens is 279 g/mol. The zero-order chi connectivity index (χ0) is 13.3. The summed E-state index contributed by atoms with van der Waals surface area (Å²) in [5.74, 6) is -0.783. The van der Waals surface area contributed by atoms with Crippen LogP contribution in [0.5, 0.6) is 0 Å². The molecule has 0 bridgehead atoms. The van der Waals surface area contributed by atoms with Gasteiger partial charge >= 0.3 is 0 Å². The number of hydrogen-bond donors (Lipinski definition) is 1. The zero-order valence-corrected chi connectivity index (χ0v) is 11.2. The summed E-state index contributed by atoms with van der Waals surface area (Å²) < 4.78 is 39.4. The summed E-state index contributed by atoms with van der Waals surface area (Å²) in [5, 5.41) is 0.198. The van der Waals surface area contributed by atoms with Gasteiger partial charge in [-0.15, -0.1) is 0 Å². The van der Waals surface area contributed by atoms with Gasteiger partial charge < -0.3 is 5.73 Å². The van der Waals surface area contributed by atoms with Crippen molar-refractivity contribution >= 4 is 21.6 Å². The predicted molar refractivity (Wildman–Crippen MR) is 67.4 cm³/mol. The fourth-order valence-corrected chi connectivity index (χ4v) is 3.73. The molecule has 0 aliphatic carbocycles. The third-order valence-corrected chi connectivity index (χ3v) is 5.16. The summed E-state index contributed by atoms with van der Waals surface area (Å²) in [6.45, 7) is 0.630. The Morgan fingerprint density at radius 2 is 1.94 bits per heavy atom. The fourth-order valence-electron chi connectivity index (χ4n) is 1.93. The van der Waals surface area contributed by atoms with Crippen LogP contribution in [0.25, 0.3) is 0 Å². The molecule has 18 heavy (non-hydrogen) atoms. The van der Waals surface area contributed by atoms with Crippen LogP contribution in [0.1, 0.15) is 12.8 Å². The highest BCUT2D eigenvalue weighted by atomic mass is 35.5. The van der Waals surface area contributed by atoms with E-state index in [1.165, 1.54) is 10.4 Å². The average molecular weight is 293 g/mol. The van der Waals surface area contributed by atoms with Crippen molar-refractivity contribution in [1.82, 2.24) is 4.31 Å². The lowest BCUT2D eigenvalue weighted by molar-refractivity contribution is 0.319. The van der Waals surface area contributed by atoms with Gasteiger partial charge in [0.15, 0.2) is 0 Å². The summed E-state index contributed by atoms with van der Waals surface area (Å²) in [7, 11) is -3.82. The quantitative estimate of drug-likeness (QED) is 0.900. The maximum absolute atomic E-state index is 13.6. The van der Waals surface area contributed by atoms with Crippen LogP contribution in [0.4, 0.5) is 4.39 Å². The summed E-state index contributed by atoms with van der Waals surface area (Å²) in [4.78, 5) is -0.370. The SMILES string of the molecule is NC1CCN(S(=O)(=O)c2cc(Cl)ccc2F)CC1. The largest absolute Gasteiger partial charge is 0.328 e. The first-order valence-electron chi connectivity index (χ1n) is 5.62. The fraction of sp³-hybridized carbons (Fsp3) is 0.455. The molecule has 1 fully saturated rings. The molecule has 7 heteroatoms. The number of rotatable bonds is 2. The first-order valence-corrected chi connectivity index (χ1v) is 7.44. The van der Waals surface area contributed by atoms with Crippen LogP contribution >= 0.6 is 11.6 Å². The predicted octanol–water partition coefficient (Wildman–Crippen LogP) is 1.59. The summed E-state index contributed by atoms with van der Waals surface area (Å²) in [6, 6.07) is 3.54. The average Bonchev–Trinajstić information content (AvgIpc) is 2.32. The molecule has 0 atom stereocenters. The van der Waals surface area contributed by atoms with Gasteiger partial charge in [0.25, 0.3) is 0 Å². The highest BCUT2D eigenvalue weighted by Crippen LogP contribution is 2.25. The molecule has 0 radical (unpaired) electrons. The van der Waals surface area contributed by atoms with Gasteiger partial charge in [0.05, 0.1) is 0 Å². The second-order valence-electron chi connectivity index (χ2n) is 4.32. The van der Waals surface area contributed by atoms with Gasteiger partial charge in [0, 0.05) is 24.2 Å². The second kappa shape index (κ2) is 5.13. The van der Waals surface area contributed by atoms with Crippen molar-refractivity contribution in [3.8, 4) is 0 Å². The van der Waals surface area contributed by atoms with Crippen molar-refractivity contribution in [1.29, 1.82) is 0 Å². The van der Waals surface area contributed by atoms with Gasteiger partial charge in [-0.25, -0.2) is 12.8 Å². The van der Waals surface area contributed by atoms with Crippen molar-refractivity contribution in [2.75, 3.05) is 13.1 Å². The standard InChI is InChI=1S/C11H14ClFN2O2S/c12-8-1-2-10(13)11(7-8)18(16,17)15-5-3-9(14)4-6-15/h1-2,7,9H,3-6,14H2. The van der Waals surface area contributed by atoms with E-state index in [9.17, 15) is 12.8 Å². The van der Waals surface area contributed by atoms with Gasteiger partial charge in [-0.1, -0.05) is 11.6 Å². The van der Waals surface area contributed by atoms with E-state index in [2.05, 4.69) is 0 Å². The molecule has 1 heterocycles. The molecule has 4 nitrogen and oxygen atoms in total. The maximum atomic E-state index is 13.6. The first-order chi connectivity index (χ1) is 8.41. The lowest BCUT2D eigenvalue weighted by atomic mass is 10.1. The van der Waals surface area contributed by atoms with Crippen molar-refractivity contribution in [2.45, 2.75) is 23.8 Å². The molecule has 0 amide bonds. The van der Waals surface area contributed by atoms with Crippen molar-refractivity contribution in [2.24, 2.45) is 5.73 Å². The van der Waals surface area contributed by atoms with E-state index in [1.807, 2.05) is 0 Å². The van der Waals surface area contributed by atoms with Gasteiger partial charge in [0.1, 0.15) is 10.7 Å². The summed E-state index contributed by atoms with van der Waals surface area (Å²) in [6.07, 6.45) is 1.17. The molecule has 2 rings (SSSR count). The van der Waals surface area contributed by atoms with Gasteiger partial charge in [-0.2, -0.15) is 4.31 Å². The van der Waals surface area contributed by atoms with E-state index in [0.29, 0.717) is 25.9 Å². The van der Waals surface area contributed by atoms with E-state index in [-0.39, 0.29) is 16.0 Å². The smallest absolute Gasteiger partial charge is 0.246 e. The number of piperidine rings is 1. The maximum Gasteiger partial charge on any atom is 0.246 e. The third-order valence-electron chi connectivity index (χ3n) is 3.01. The Morgan fingerprint density at radius 3 is 2.56 bits per heavy atom. The number of halogens is 2. The lowest BCUT2D eigenvalue weighted by Crippen LogP contribution is -2.42. The van der Waals surface area contributed by atoms with Crippen LogP contribution in [0.2, 0.25) is 5.02 Å². The lowest BCUT2D eigenvalue weighted by Gasteiger charge is -2.29. The molecule has 1 saturated heterocycles. The zero-order valence-electron chi connectivity index (χ0n) is 9.64.